The molecule has 31 heavy (non-hydrogen) atoms. The maximum atomic E-state index is 12.5. The van der Waals surface area contributed by atoms with Gasteiger partial charge in [-0.3, -0.25) is 9.59 Å². The Morgan fingerprint density at radius 3 is 2.58 bits per heavy atom. The second-order valence-electron chi connectivity index (χ2n) is 7.50. The number of methoxy groups -OCH3 is 1. The van der Waals surface area contributed by atoms with Crippen LogP contribution in [0.2, 0.25) is 0 Å². The summed E-state index contributed by atoms with van der Waals surface area (Å²) in [6, 6.07) is 17.6. The van der Waals surface area contributed by atoms with Crippen molar-refractivity contribution in [2.45, 2.75) is 39.0 Å². The summed E-state index contributed by atoms with van der Waals surface area (Å²) in [4.78, 5) is 26.6. The number of carbonyl (C=O) groups excluding carboxylic acids is 2. The maximum Gasteiger partial charge on any atom is 0.245 e. The Labute approximate surface area is 180 Å². The van der Waals surface area contributed by atoms with Crippen molar-refractivity contribution in [3.05, 3.63) is 77.1 Å². The molecule has 0 radical (unpaired) electrons. The van der Waals surface area contributed by atoms with Gasteiger partial charge in [0.05, 0.1) is 25.9 Å². The molecule has 0 atom stereocenters. The van der Waals surface area contributed by atoms with E-state index in [2.05, 4.69) is 15.6 Å². The highest BCUT2D eigenvalue weighted by molar-refractivity contribution is 5.77. The zero-order chi connectivity index (χ0) is 21.6. The molecule has 0 unspecified atom stereocenters. The first kappa shape index (κ1) is 20.6. The predicted molar refractivity (Wildman–Crippen MR) is 114 cm³/mol. The minimum atomic E-state index is -0.0504. The number of aryl methyl sites for hydroxylation is 1. The van der Waals surface area contributed by atoms with Gasteiger partial charge >= 0.3 is 0 Å². The molecule has 4 rings (SSSR count). The summed E-state index contributed by atoms with van der Waals surface area (Å²) >= 11 is 0. The fraction of sp³-hybridized carbons (Fsp3) is 0.304. The first-order chi connectivity index (χ1) is 15.1. The smallest absolute Gasteiger partial charge is 0.245 e. The third-order valence-electron chi connectivity index (χ3n) is 5.37. The number of hydrogen-bond acceptors (Lipinski definition) is 5. The molecule has 1 aromatic heterocycles. The number of amides is 2. The highest BCUT2D eigenvalue weighted by Gasteiger charge is 2.27. The zero-order valence-corrected chi connectivity index (χ0v) is 17.5. The fourth-order valence-corrected chi connectivity index (χ4v) is 3.57. The van der Waals surface area contributed by atoms with Gasteiger partial charge in [-0.25, -0.2) is 4.68 Å². The van der Waals surface area contributed by atoms with E-state index in [1.807, 2.05) is 54.6 Å². The van der Waals surface area contributed by atoms with E-state index in [1.165, 1.54) is 0 Å². The second-order valence-corrected chi connectivity index (χ2v) is 7.50. The second kappa shape index (κ2) is 9.42. The molecule has 0 bridgehead atoms. The van der Waals surface area contributed by atoms with Crippen LogP contribution >= 0.6 is 0 Å². The molecule has 3 aromatic rings. The van der Waals surface area contributed by atoms with Crippen LogP contribution in [-0.2, 0) is 42.2 Å². The number of hydrogen-bond donors (Lipinski definition) is 1. The SMILES string of the molecule is COc1ccc(CCC(=O)NCc2nnn3c2CN(Cc2ccccc2)C(=O)C3)cc1. The van der Waals surface area contributed by atoms with Gasteiger partial charge in [0, 0.05) is 13.0 Å². The molecule has 8 heteroatoms. The number of benzene rings is 2. The first-order valence-corrected chi connectivity index (χ1v) is 10.2. The van der Waals surface area contributed by atoms with Gasteiger partial charge in [0.2, 0.25) is 11.8 Å². The molecule has 0 spiro atoms. The third-order valence-corrected chi connectivity index (χ3v) is 5.37. The van der Waals surface area contributed by atoms with Crippen molar-refractivity contribution in [1.82, 2.24) is 25.2 Å². The van der Waals surface area contributed by atoms with Gasteiger partial charge in [0.25, 0.3) is 0 Å². The van der Waals surface area contributed by atoms with Gasteiger partial charge in [-0.05, 0) is 29.7 Å². The lowest BCUT2D eigenvalue weighted by molar-refractivity contribution is -0.135. The Hall–Kier alpha value is -3.68. The normalized spacial score (nSPS) is 13.1. The lowest BCUT2D eigenvalue weighted by Gasteiger charge is -2.27. The van der Waals surface area contributed by atoms with Gasteiger partial charge in [0.15, 0.2) is 0 Å². The number of nitrogens with one attached hydrogen (secondary N) is 1. The van der Waals surface area contributed by atoms with Crippen LogP contribution in [0.5, 0.6) is 5.75 Å². The van der Waals surface area contributed by atoms with E-state index in [0.717, 1.165) is 22.6 Å². The number of rotatable bonds is 8. The summed E-state index contributed by atoms with van der Waals surface area (Å²) < 4.78 is 6.78. The third kappa shape index (κ3) is 5.09. The van der Waals surface area contributed by atoms with Crippen molar-refractivity contribution in [2.75, 3.05) is 7.11 Å². The van der Waals surface area contributed by atoms with Crippen LogP contribution < -0.4 is 10.1 Å². The molecule has 2 aromatic carbocycles. The molecule has 0 fully saturated rings. The molecule has 1 aliphatic rings. The van der Waals surface area contributed by atoms with E-state index < -0.39 is 0 Å². The number of carbonyl (C=O) groups is 2. The summed E-state index contributed by atoms with van der Waals surface area (Å²) in [6.45, 7) is 1.43. The van der Waals surface area contributed by atoms with E-state index in [1.54, 1.807) is 16.7 Å². The van der Waals surface area contributed by atoms with Crippen molar-refractivity contribution < 1.29 is 14.3 Å². The van der Waals surface area contributed by atoms with Crippen molar-refractivity contribution in [2.24, 2.45) is 0 Å². The van der Waals surface area contributed by atoms with Crippen molar-refractivity contribution in [1.29, 1.82) is 0 Å². The van der Waals surface area contributed by atoms with Crippen LogP contribution in [0, 0.1) is 0 Å². The van der Waals surface area contributed by atoms with Crippen LogP contribution in [0.25, 0.3) is 0 Å². The molecule has 0 saturated heterocycles. The zero-order valence-electron chi connectivity index (χ0n) is 17.5. The number of nitrogens with zero attached hydrogens (tertiary/aromatic N) is 4. The minimum absolute atomic E-state index is 0.0105. The fourth-order valence-electron chi connectivity index (χ4n) is 3.57. The van der Waals surface area contributed by atoms with E-state index in [4.69, 9.17) is 4.74 Å². The number of ether oxygens (including phenoxy) is 1. The van der Waals surface area contributed by atoms with Crippen LogP contribution in [-0.4, -0.2) is 38.8 Å². The van der Waals surface area contributed by atoms with Crippen LogP contribution in [0.4, 0.5) is 0 Å². The van der Waals surface area contributed by atoms with Gasteiger partial charge in [-0.2, -0.15) is 0 Å². The summed E-state index contributed by atoms with van der Waals surface area (Å²) in [5.41, 5.74) is 3.71. The summed E-state index contributed by atoms with van der Waals surface area (Å²) in [7, 11) is 1.63. The molecular formula is C23H25N5O3. The van der Waals surface area contributed by atoms with Gasteiger partial charge in [-0.1, -0.05) is 47.7 Å². The molecule has 1 aliphatic heterocycles. The average molecular weight is 419 g/mol. The Kier molecular flexibility index (Phi) is 6.26. The highest BCUT2D eigenvalue weighted by Crippen LogP contribution is 2.18. The highest BCUT2D eigenvalue weighted by atomic mass is 16.5. The lowest BCUT2D eigenvalue weighted by atomic mass is 10.1. The van der Waals surface area contributed by atoms with E-state index in [9.17, 15) is 9.59 Å². The van der Waals surface area contributed by atoms with Crippen LogP contribution in [0.3, 0.4) is 0 Å². The molecule has 2 amide bonds. The molecular weight excluding hydrogens is 394 g/mol. The van der Waals surface area contributed by atoms with E-state index in [-0.39, 0.29) is 18.4 Å². The number of fused-ring (bicyclic) bond motifs is 1. The minimum Gasteiger partial charge on any atom is -0.497 e. The van der Waals surface area contributed by atoms with E-state index in [0.29, 0.717) is 38.2 Å². The van der Waals surface area contributed by atoms with Gasteiger partial charge in [0.1, 0.15) is 18.0 Å². The quantitative estimate of drug-likeness (QED) is 0.604. The van der Waals surface area contributed by atoms with Crippen molar-refractivity contribution in [3.63, 3.8) is 0 Å². The average Bonchev–Trinajstić information content (AvgIpc) is 3.19. The van der Waals surface area contributed by atoms with Crippen LogP contribution in [0.15, 0.2) is 54.6 Å². The summed E-state index contributed by atoms with van der Waals surface area (Å²) in [5, 5.41) is 11.2. The Balaban J connectivity index is 1.32. The van der Waals surface area contributed by atoms with Crippen molar-refractivity contribution in [3.8, 4) is 5.75 Å². The predicted octanol–water partition coefficient (Wildman–Crippen LogP) is 2.08. The topological polar surface area (TPSA) is 89.3 Å². The molecule has 0 aliphatic carbocycles. The molecule has 1 N–H and O–H groups in total. The standard InChI is InChI=1S/C23H25N5O3/c1-31-19-10-7-17(8-11-19)9-12-22(29)24-13-20-21-15-27(14-18-5-3-2-4-6-18)23(30)16-28(21)26-25-20/h2-8,10-11H,9,12-16H2,1H3,(H,24,29). The van der Waals surface area contributed by atoms with Gasteiger partial charge in [-0.15, -0.1) is 5.10 Å². The molecule has 2 heterocycles. The van der Waals surface area contributed by atoms with E-state index >= 15 is 0 Å². The molecule has 8 nitrogen and oxygen atoms in total. The molecule has 160 valence electrons. The first-order valence-electron chi connectivity index (χ1n) is 10.2. The lowest BCUT2D eigenvalue weighted by Crippen LogP contribution is -2.39. The van der Waals surface area contributed by atoms with Crippen molar-refractivity contribution >= 4 is 11.8 Å². The number of aromatic nitrogens is 3. The Morgan fingerprint density at radius 2 is 1.84 bits per heavy atom. The largest absolute Gasteiger partial charge is 0.497 e. The van der Waals surface area contributed by atoms with Gasteiger partial charge < -0.3 is 15.0 Å². The summed E-state index contributed by atoms with van der Waals surface area (Å²) in [5.74, 6) is 0.756. The Morgan fingerprint density at radius 1 is 1.06 bits per heavy atom. The maximum absolute atomic E-state index is 12.5. The van der Waals surface area contributed by atoms with Crippen LogP contribution in [0.1, 0.15) is 28.9 Å². The summed E-state index contributed by atoms with van der Waals surface area (Å²) in [6.07, 6.45) is 1.03. The Bertz CT molecular complexity index is 1050. The monoisotopic (exact) mass is 419 g/mol. The molecule has 0 saturated carbocycles.